The first-order valence-electron chi connectivity index (χ1n) is 5.22. The predicted octanol–water partition coefficient (Wildman–Crippen LogP) is 3.89. The molecule has 0 aliphatic rings. The molecule has 0 bridgehead atoms. The van der Waals surface area contributed by atoms with Gasteiger partial charge in [0.1, 0.15) is 5.82 Å². The van der Waals surface area contributed by atoms with Crippen molar-refractivity contribution in [3.63, 3.8) is 0 Å². The first-order valence-corrected chi connectivity index (χ1v) is 6.01. The Morgan fingerprint density at radius 3 is 2.60 bits per heavy atom. The third-order valence-corrected chi connectivity index (χ3v) is 3.47. The molecule has 1 rings (SSSR count). The second kappa shape index (κ2) is 5.61. The minimum Gasteiger partial charge on any atom is -0.313 e. The Kier molecular flexibility index (Phi) is 4.74. The van der Waals surface area contributed by atoms with E-state index in [-0.39, 0.29) is 11.9 Å². The maximum absolute atomic E-state index is 13.4. The van der Waals surface area contributed by atoms with Crippen LogP contribution in [0.15, 0.2) is 22.7 Å². The van der Waals surface area contributed by atoms with Crippen LogP contribution in [0.3, 0.4) is 0 Å². The van der Waals surface area contributed by atoms with Gasteiger partial charge in [0.05, 0.1) is 4.47 Å². The van der Waals surface area contributed by atoms with Crippen molar-refractivity contribution in [3.8, 4) is 0 Å². The Morgan fingerprint density at radius 1 is 1.47 bits per heavy atom. The monoisotopic (exact) mass is 273 g/mol. The minimum atomic E-state index is -0.198. The van der Waals surface area contributed by atoms with Gasteiger partial charge in [-0.2, -0.15) is 0 Å². The molecule has 1 aromatic carbocycles. The zero-order valence-corrected chi connectivity index (χ0v) is 10.9. The normalized spacial score (nSPS) is 15.0. The standard InChI is InChI=1S/C12H17BrFN/c1-4-8(2)12(15-3)9-5-6-10(13)11(14)7-9/h5-8,12,15H,4H2,1-3H3. The number of benzene rings is 1. The van der Waals surface area contributed by atoms with Crippen molar-refractivity contribution in [1.82, 2.24) is 5.32 Å². The van der Waals surface area contributed by atoms with Crippen molar-refractivity contribution < 1.29 is 4.39 Å². The molecule has 0 saturated heterocycles. The van der Waals surface area contributed by atoms with Gasteiger partial charge in [-0.1, -0.05) is 26.3 Å². The van der Waals surface area contributed by atoms with Crippen LogP contribution in [0.5, 0.6) is 0 Å². The summed E-state index contributed by atoms with van der Waals surface area (Å²) >= 11 is 3.16. The molecule has 0 aliphatic heterocycles. The molecule has 2 atom stereocenters. The van der Waals surface area contributed by atoms with Gasteiger partial charge in [0.15, 0.2) is 0 Å². The summed E-state index contributed by atoms with van der Waals surface area (Å²) in [6.45, 7) is 4.31. The molecule has 0 radical (unpaired) electrons. The molecule has 0 saturated carbocycles. The molecule has 84 valence electrons. The van der Waals surface area contributed by atoms with E-state index < -0.39 is 0 Å². The Bertz CT molecular complexity index is 327. The first kappa shape index (κ1) is 12.7. The van der Waals surface area contributed by atoms with Crippen LogP contribution >= 0.6 is 15.9 Å². The van der Waals surface area contributed by atoms with Crippen LogP contribution in [0.2, 0.25) is 0 Å². The van der Waals surface area contributed by atoms with E-state index in [4.69, 9.17) is 0 Å². The molecular weight excluding hydrogens is 257 g/mol. The van der Waals surface area contributed by atoms with E-state index >= 15 is 0 Å². The van der Waals surface area contributed by atoms with Gasteiger partial charge in [0.25, 0.3) is 0 Å². The summed E-state index contributed by atoms with van der Waals surface area (Å²) in [5, 5.41) is 3.23. The summed E-state index contributed by atoms with van der Waals surface area (Å²) < 4.78 is 13.9. The van der Waals surface area contributed by atoms with E-state index in [0.717, 1.165) is 12.0 Å². The van der Waals surface area contributed by atoms with Crippen molar-refractivity contribution in [2.45, 2.75) is 26.3 Å². The van der Waals surface area contributed by atoms with Crippen molar-refractivity contribution in [2.75, 3.05) is 7.05 Å². The van der Waals surface area contributed by atoms with Gasteiger partial charge >= 0.3 is 0 Å². The molecule has 0 heterocycles. The molecule has 15 heavy (non-hydrogen) atoms. The summed E-state index contributed by atoms with van der Waals surface area (Å²) in [6, 6.07) is 5.53. The third-order valence-electron chi connectivity index (χ3n) is 2.83. The van der Waals surface area contributed by atoms with Gasteiger partial charge in [-0.05, 0) is 46.6 Å². The van der Waals surface area contributed by atoms with Crippen molar-refractivity contribution in [3.05, 3.63) is 34.1 Å². The summed E-state index contributed by atoms with van der Waals surface area (Å²) in [6.07, 6.45) is 1.07. The highest BCUT2D eigenvalue weighted by molar-refractivity contribution is 9.10. The summed E-state index contributed by atoms with van der Waals surface area (Å²) in [5.74, 6) is 0.298. The minimum absolute atomic E-state index is 0.198. The van der Waals surface area contributed by atoms with Gasteiger partial charge < -0.3 is 5.32 Å². The molecule has 0 amide bonds. The molecule has 0 spiro atoms. The molecule has 1 nitrogen and oxygen atoms in total. The second-order valence-electron chi connectivity index (χ2n) is 3.83. The summed E-state index contributed by atoms with van der Waals surface area (Å²) in [5.41, 5.74) is 1.01. The van der Waals surface area contributed by atoms with Crippen molar-refractivity contribution >= 4 is 15.9 Å². The highest BCUT2D eigenvalue weighted by Crippen LogP contribution is 2.26. The van der Waals surface area contributed by atoms with E-state index in [0.29, 0.717) is 10.4 Å². The van der Waals surface area contributed by atoms with E-state index in [1.165, 1.54) is 0 Å². The van der Waals surface area contributed by atoms with Crippen molar-refractivity contribution in [2.24, 2.45) is 5.92 Å². The lowest BCUT2D eigenvalue weighted by Crippen LogP contribution is -2.23. The Labute approximate surface area is 99.2 Å². The number of hydrogen-bond donors (Lipinski definition) is 1. The lowest BCUT2D eigenvalue weighted by Gasteiger charge is -2.23. The fourth-order valence-corrected chi connectivity index (χ4v) is 1.97. The molecule has 2 unspecified atom stereocenters. The Hall–Kier alpha value is -0.410. The molecular formula is C12H17BrFN. The van der Waals surface area contributed by atoms with Crippen LogP contribution in [-0.4, -0.2) is 7.05 Å². The van der Waals surface area contributed by atoms with E-state index in [1.54, 1.807) is 12.1 Å². The molecule has 3 heteroatoms. The largest absolute Gasteiger partial charge is 0.313 e. The molecule has 0 aliphatic carbocycles. The maximum Gasteiger partial charge on any atom is 0.137 e. The number of hydrogen-bond acceptors (Lipinski definition) is 1. The average molecular weight is 274 g/mol. The Morgan fingerprint density at radius 2 is 2.13 bits per heavy atom. The molecule has 1 aromatic rings. The summed E-state index contributed by atoms with van der Waals surface area (Å²) in [4.78, 5) is 0. The molecule has 0 aromatic heterocycles. The Balaban J connectivity index is 2.97. The quantitative estimate of drug-likeness (QED) is 0.878. The van der Waals surface area contributed by atoms with E-state index in [9.17, 15) is 4.39 Å². The number of rotatable bonds is 4. The maximum atomic E-state index is 13.4. The molecule has 0 fully saturated rings. The third kappa shape index (κ3) is 3.02. The number of halogens is 2. The van der Waals surface area contributed by atoms with Gasteiger partial charge in [-0.3, -0.25) is 0 Å². The lowest BCUT2D eigenvalue weighted by atomic mass is 9.93. The highest BCUT2D eigenvalue weighted by Gasteiger charge is 2.16. The van der Waals surface area contributed by atoms with Gasteiger partial charge in [-0.25, -0.2) is 4.39 Å². The van der Waals surface area contributed by atoms with Crippen molar-refractivity contribution in [1.29, 1.82) is 0 Å². The zero-order valence-electron chi connectivity index (χ0n) is 9.35. The van der Waals surface area contributed by atoms with Crippen LogP contribution in [0.25, 0.3) is 0 Å². The van der Waals surface area contributed by atoms with Gasteiger partial charge in [0, 0.05) is 6.04 Å². The predicted molar refractivity (Wildman–Crippen MR) is 65.4 cm³/mol. The zero-order chi connectivity index (χ0) is 11.4. The highest BCUT2D eigenvalue weighted by atomic mass is 79.9. The molecule has 1 N–H and O–H groups in total. The number of nitrogens with one attached hydrogen (secondary N) is 1. The topological polar surface area (TPSA) is 12.0 Å². The summed E-state index contributed by atoms with van der Waals surface area (Å²) in [7, 11) is 1.91. The first-order chi connectivity index (χ1) is 7.10. The van der Waals surface area contributed by atoms with E-state index in [1.807, 2.05) is 13.1 Å². The smallest absolute Gasteiger partial charge is 0.137 e. The van der Waals surface area contributed by atoms with Crippen LogP contribution in [0.4, 0.5) is 4.39 Å². The van der Waals surface area contributed by atoms with E-state index in [2.05, 4.69) is 35.1 Å². The van der Waals surface area contributed by atoms with Crippen LogP contribution in [0, 0.1) is 11.7 Å². The fourth-order valence-electron chi connectivity index (χ4n) is 1.72. The van der Waals surface area contributed by atoms with Crippen LogP contribution in [-0.2, 0) is 0 Å². The SMILES string of the molecule is CCC(C)C(NC)c1ccc(Br)c(F)c1. The average Bonchev–Trinajstić information content (AvgIpc) is 2.24. The van der Waals surface area contributed by atoms with Gasteiger partial charge in [-0.15, -0.1) is 0 Å². The van der Waals surface area contributed by atoms with Gasteiger partial charge in [0.2, 0.25) is 0 Å². The second-order valence-corrected chi connectivity index (χ2v) is 4.68. The van der Waals surface area contributed by atoms with Crippen LogP contribution in [0.1, 0.15) is 31.9 Å². The van der Waals surface area contributed by atoms with Crippen LogP contribution < -0.4 is 5.32 Å². The lowest BCUT2D eigenvalue weighted by molar-refractivity contribution is 0.399. The fraction of sp³-hybridized carbons (Fsp3) is 0.500.